The highest BCUT2D eigenvalue weighted by atomic mass is 32.1. The Bertz CT molecular complexity index is 1730. The van der Waals surface area contributed by atoms with Crippen LogP contribution in [0, 0.1) is 6.92 Å². The van der Waals surface area contributed by atoms with Crippen molar-refractivity contribution in [3.05, 3.63) is 68.7 Å². The fraction of sp³-hybridized carbons (Fsp3) is 0.484. The van der Waals surface area contributed by atoms with Gasteiger partial charge in [0.2, 0.25) is 5.89 Å². The van der Waals surface area contributed by atoms with Crippen LogP contribution < -0.4 is 16.0 Å². The van der Waals surface area contributed by atoms with Gasteiger partial charge in [0.05, 0.1) is 41.3 Å². The second kappa shape index (κ2) is 12.1. The summed E-state index contributed by atoms with van der Waals surface area (Å²) in [6, 6.07) is 7.46. The summed E-state index contributed by atoms with van der Waals surface area (Å²) in [5.74, 6) is -0.419. The van der Waals surface area contributed by atoms with E-state index in [9.17, 15) is 24.6 Å². The van der Waals surface area contributed by atoms with Crippen molar-refractivity contribution in [3.63, 3.8) is 0 Å². The molecule has 0 spiro atoms. The van der Waals surface area contributed by atoms with Crippen molar-refractivity contribution in [2.45, 2.75) is 96.8 Å². The first-order valence-electron chi connectivity index (χ1n) is 14.4. The van der Waals surface area contributed by atoms with Crippen molar-refractivity contribution in [2.24, 2.45) is 0 Å². The number of aromatic nitrogens is 3. The minimum atomic E-state index is -1.84. The van der Waals surface area contributed by atoms with Gasteiger partial charge in [-0.3, -0.25) is 9.36 Å². The van der Waals surface area contributed by atoms with Gasteiger partial charge in [0.15, 0.2) is 0 Å². The predicted molar refractivity (Wildman–Crippen MR) is 162 cm³/mol. The van der Waals surface area contributed by atoms with Crippen molar-refractivity contribution in [2.75, 3.05) is 0 Å². The van der Waals surface area contributed by atoms with Crippen LogP contribution >= 0.6 is 11.3 Å². The fourth-order valence-corrected chi connectivity index (χ4v) is 6.78. The zero-order valence-electron chi connectivity index (χ0n) is 24.9. The lowest BCUT2D eigenvalue weighted by Gasteiger charge is -2.31. The summed E-state index contributed by atoms with van der Waals surface area (Å²) >= 11 is 1.19. The monoisotopic (exact) mass is 611 g/mol. The largest absolute Gasteiger partial charge is 0.491 e. The average molecular weight is 612 g/mol. The van der Waals surface area contributed by atoms with Crippen LogP contribution in [0.3, 0.4) is 0 Å². The summed E-state index contributed by atoms with van der Waals surface area (Å²) in [5, 5.41) is 20.4. The molecule has 1 saturated carbocycles. The predicted octanol–water partition coefficient (Wildman–Crippen LogP) is 4.86. The summed E-state index contributed by atoms with van der Waals surface area (Å²) in [6.45, 7) is 8.22. The Kier molecular flexibility index (Phi) is 8.64. The maximum atomic E-state index is 14.2. The normalized spacial score (nSPS) is 18.3. The maximum absolute atomic E-state index is 14.2. The first-order chi connectivity index (χ1) is 20.4. The lowest BCUT2D eigenvalue weighted by molar-refractivity contribution is -0.146. The van der Waals surface area contributed by atoms with Gasteiger partial charge < -0.3 is 24.1 Å². The van der Waals surface area contributed by atoms with Crippen molar-refractivity contribution in [1.29, 1.82) is 0 Å². The number of carboxylic acids is 1. The van der Waals surface area contributed by atoms with Gasteiger partial charge in [-0.1, -0.05) is 18.2 Å². The van der Waals surface area contributed by atoms with Gasteiger partial charge >= 0.3 is 11.7 Å². The highest BCUT2D eigenvalue weighted by molar-refractivity contribution is 7.22. The average Bonchev–Trinajstić information content (AvgIpc) is 3.59. The minimum Gasteiger partial charge on any atom is -0.491 e. The number of hydrogen-bond acceptors (Lipinski definition) is 9. The number of thiophene rings is 1. The van der Waals surface area contributed by atoms with E-state index in [1.54, 1.807) is 6.92 Å². The zero-order chi connectivity index (χ0) is 31.1. The number of para-hydroxylation sites is 1. The quantitative estimate of drug-likeness (QED) is 0.257. The Morgan fingerprint density at radius 2 is 1.88 bits per heavy atom. The smallest absolute Gasteiger partial charge is 0.333 e. The number of aliphatic carboxylic acids is 1. The van der Waals surface area contributed by atoms with E-state index in [0.29, 0.717) is 52.6 Å². The summed E-state index contributed by atoms with van der Waals surface area (Å²) < 4.78 is 20.6. The van der Waals surface area contributed by atoms with E-state index in [1.165, 1.54) is 42.2 Å². The molecule has 4 aromatic rings. The number of oxazole rings is 1. The van der Waals surface area contributed by atoms with Gasteiger partial charge in [0, 0.05) is 5.56 Å². The van der Waals surface area contributed by atoms with E-state index < -0.39 is 28.9 Å². The van der Waals surface area contributed by atoms with Crippen LogP contribution in [-0.4, -0.2) is 48.6 Å². The minimum absolute atomic E-state index is 0.0200. The Morgan fingerprint density at radius 3 is 2.51 bits per heavy atom. The number of aliphatic hydroxyl groups is 1. The van der Waals surface area contributed by atoms with Crippen LogP contribution in [0.2, 0.25) is 0 Å². The van der Waals surface area contributed by atoms with E-state index in [-0.39, 0.29) is 30.2 Å². The van der Waals surface area contributed by atoms with Crippen LogP contribution in [0.1, 0.15) is 70.6 Å². The molecule has 0 amide bonds. The van der Waals surface area contributed by atoms with Crippen LogP contribution in [0.25, 0.3) is 21.0 Å². The highest BCUT2D eigenvalue weighted by Crippen LogP contribution is 2.38. The molecule has 1 fully saturated rings. The third-order valence-electron chi connectivity index (χ3n) is 7.90. The Balaban J connectivity index is 1.74. The Labute approximate surface area is 252 Å². The molecule has 11 nitrogen and oxygen atoms in total. The maximum Gasteiger partial charge on any atom is 0.333 e. The molecule has 1 atom stereocenters. The van der Waals surface area contributed by atoms with E-state index in [0.717, 1.165) is 10.1 Å². The van der Waals surface area contributed by atoms with Crippen molar-refractivity contribution in [1.82, 2.24) is 14.1 Å². The van der Waals surface area contributed by atoms with Crippen LogP contribution in [0.15, 0.2) is 50.7 Å². The summed E-state index contributed by atoms with van der Waals surface area (Å²) in [7, 11) is 0. The number of carbonyl (C=O) groups is 1. The molecular weight excluding hydrogens is 574 g/mol. The molecule has 0 saturated heterocycles. The molecule has 230 valence electrons. The van der Waals surface area contributed by atoms with E-state index in [1.807, 2.05) is 38.1 Å². The summed E-state index contributed by atoms with van der Waals surface area (Å²) in [4.78, 5) is 45.7. The molecule has 1 aromatic carbocycles. The van der Waals surface area contributed by atoms with Gasteiger partial charge in [-0.25, -0.2) is 19.1 Å². The van der Waals surface area contributed by atoms with E-state index >= 15 is 0 Å². The first kappa shape index (κ1) is 30.7. The summed E-state index contributed by atoms with van der Waals surface area (Å²) in [5.41, 5.74) is -2.04. The number of carboxylic acid groups (broad SMARTS) is 1. The molecule has 2 N–H and O–H groups in total. The van der Waals surface area contributed by atoms with Crippen molar-refractivity contribution < 1.29 is 28.9 Å². The number of benzene rings is 1. The van der Waals surface area contributed by atoms with E-state index in [2.05, 4.69) is 4.98 Å². The molecule has 3 aromatic heterocycles. The van der Waals surface area contributed by atoms with Crippen LogP contribution in [-0.2, 0) is 21.6 Å². The third-order valence-corrected chi connectivity index (χ3v) is 9.20. The van der Waals surface area contributed by atoms with Crippen LogP contribution in [0.5, 0.6) is 5.75 Å². The number of rotatable bonds is 10. The third kappa shape index (κ3) is 5.91. The molecule has 12 heteroatoms. The van der Waals surface area contributed by atoms with Crippen molar-refractivity contribution in [3.8, 4) is 16.5 Å². The molecule has 0 radical (unpaired) electrons. The van der Waals surface area contributed by atoms with Gasteiger partial charge in [-0.2, -0.15) is 0 Å². The summed E-state index contributed by atoms with van der Waals surface area (Å²) in [6.07, 6.45) is 4.05. The number of aliphatic hydroxyl groups excluding tert-OH is 1. The zero-order valence-corrected chi connectivity index (χ0v) is 25.7. The molecule has 1 aliphatic carbocycles. The number of ether oxygens (including phenoxy) is 2. The Morgan fingerprint density at radius 1 is 1.19 bits per heavy atom. The number of hydrogen-bond donors (Lipinski definition) is 2. The molecule has 5 rings (SSSR count). The second-order valence-electron chi connectivity index (χ2n) is 11.7. The van der Waals surface area contributed by atoms with E-state index in [4.69, 9.17) is 13.9 Å². The lowest BCUT2D eigenvalue weighted by atomic mass is 9.94. The van der Waals surface area contributed by atoms with Gasteiger partial charge in [0.25, 0.3) is 5.56 Å². The van der Waals surface area contributed by atoms with Crippen molar-refractivity contribution >= 4 is 27.5 Å². The Hall–Kier alpha value is -3.74. The number of nitrogens with zero attached hydrogens (tertiary/aromatic N) is 3. The molecule has 0 aliphatic heterocycles. The molecule has 0 bridgehead atoms. The molecular formula is C31H37N3O8S. The molecule has 43 heavy (non-hydrogen) atoms. The number of fused-ring (bicyclic) bond motifs is 1. The molecule has 1 aliphatic rings. The molecule has 0 unspecified atom stereocenters. The SMILES string of the molecule is Cc1c(-c2ncco2)sc2c1c(=O)n(C(C)(C)C(=O)O)c(=O)n2C[C@H](O[C@H]1CC[C@H](O)CC1)c1ccccc1OC(C)C. The lowest BCUT2D eigenvalue weighted by Crippen LogP contribution is -2.52. The first-order valence-corrected chi connectivity index (χ1v) is 15.2. The van der Waals surface area contributed by atoms with Gasteiger partial charge in [-0.15, -0.1) is 11.3 Å². The molecule has 3 heterocycles. The van der Waals surface area contributed by atoms with Crippen LogP contribution in [0.4, 0.5) is 0 Å². The topological polar surface area (TPSA) is 146 Å². The van der Waals surface area contributed by atoms with Gasteiger partial charge in [-0.05, 0) is 71.9 Å². The highest BCUT2D eigenvalue weighted by Gasteiger charge is 2.36. The second-order valence-corrected chi connectivity index (χ2v) is 12.7. The van der Waals surface area contributed by atoms with Gasteiger partial charge in [0.1, 0.15) is 28.5 Å². The number of aryl methyl sites for hydroxylation is 1. The standard InChI is InChI=1S/C31H37N3O8S/c1-17(2)41-22-9-7-6-8-21(22)23(42-20-12-10-19(35)11-13-20)16-33-28-24(18(3)25(43-28)26-32-14-15-40-26)27(36)34(30(33)39)31(4,5)29(37)38/h6-9,14-15,17,19-20,23,35H,10-13,16H2,1-5H3,(H,37,38)/t19-,20-,23-/m0/s1. The fourth-order valence-electron chi connectivity index (χ4n) is 5.54.